The molecule has 0 amide bonds. The molecule has 2 unspecified atom stereocenters. The molecule has 0 N–H and O–H groups in total. The Kier molecular flexibility index (Phi) is 3.12. The zero-order valence-corrected chi connectivity index (χ0v) is 10.8. The molecule has 1 aliphatic heterocycles. The maximum Gasteiger partial charge on any atom is 0.00410 e. The molecule has 0 aromatic heterocycles. The minimum atomic E-state index is 0.677. The Hall–Kier alpha value is -0.0400. The summed E-state index contributed by atoms with van der Waals surface area (Å²) in [7, 11) is 2.33. The van der Waals surface area contributed by atoms with E-state index in [2.05, 4.69) is 25.8 Å². The number of hydrogen-bond acceptors (Lipinski definition) is 1. The van der Waals surface area contributed by atoms with E-state index < -0.39 is 0 Å². The third-order valence-electron chi connectivity index (χ3n) is 5.24. The third kappa shape index (κ3) is 1.63. The van der Waals surface area contributed by atoms with Gasteiger partial charge in [-0.25, -0.2) is 0 Å². The van der Waals surface area contributed by atoms with E-state index >= 15 is 0 Å². The Morgan fingerprint density at radius 2 is 1.60 bits per heavy atom. The molecule has 2 fully saturated rings. The van der Waals surface area contributed by atoms with Crippen LogP contribution in [0.25, 0.3) is 0 Å². The summed E-state index contributed by atoms with van der Waals surface area (Å²) in [6.45, 7) is 7.52. The van der Waals surface area contributed by atoms with Gasteiger partial charge in [-0.2, -0.15) is 0 Å². The van der Waals surface area contributed by atoms with Gasteiger partial charge in [0, 0.05) is 13.1 Å². The topological polar surface area (TPSA) is 3.24 Å². The fourth-order valence-electron chi connectivity index (χ4n) is 4.65. The zero-order valence-electron chi connectivity index (χ0n) is 10.8. The Balaban J connectivity index is 2.27. The van der Waals surface area contributed by atoms with Crippen molar-refractivity contribution in [3.63, 3.8) is 0 Å². The van der Waals surface area contributed by atoms with Crippen LogP contribution in [0.2, 0.25) is 0 Å². The minimum absolute atomic E-state index is 0.677. The number of rotatable bonds is 3. The van der Waals surface area contributed by atoms with E-state index in [0.29, 0.717) is 10.8 Å². The molecule has 2 aliphatic rings. The summed E-state index contributed by atoms with van der Waals surface area (Å²) in [4.78, 5) is 2.60. The molecule has 1 saturated heterocycles. The van der Waals surface area contributed by atoms with Crippen LogP contribution in [-0.2, 0) is 0 Å². The highest BCUT2D eigenvalue weighted by molar-refractivity contribution is 5.07. The van der Waals surface area contributed by atoms with Crippen LogP contribution in [-0.4, -0.2) is 25.0 Å². The molecule has 1 heterocycles. The second kappa shape index (κ2) is 4.08. The Morgan fingerprint density at radius 1 is 1.00 bits per heavy atom. The summed E-state index contributed by atoms with van der Waals surface area (Å²) < 4.78 is 0. The summed E-state index contributed by atoms with van der Waals surface area (Å²) in [6.07, 6.45) is 10.2. The first kappa shape index (κ1) is 11.4. The maximum atomic E-state index is 2.60. The molecule has 1 heteroatoms. The Morgan fingerprint density at radius 3 is 2.20 bits per heavy atom. The van der Waals surface area contributed by atoms with Crippen LogP contribution in [0, 0.1) is 10.8 Å². The molecule has 0 bridgehead atoms. The largest absolute Gasteiger partial charge is 0.305 e. The molecule has 2 rings (SSSR count). The van der Waals surface area contributed by atoms with Crippen LogP contribution in [0.4, 0.5) is 0 Å². The molecule has 1 saturated carbocycles. The molecule has 1 nitrogen and oxygen atoms in total. The van der Waals surface area contributed by atoms with Crippen LogP contribution in [0.3, 0.4) is 0 Å². The third-order valence-corrected chi connectivity index (χ3v) is 5.24. The van der Waals surface area contributed by atoms with Crippen LogP contribution < -0.4 is 0 Å². The average molecular weight is 209 g/mol. The van der Waals surface area contributed by atoms with E-state index in [-0.39, 0.29) is 0 Å². The van der Waals surface area contributed by atoms with E-state index in [4.69, 9.17) is 0 Å². The van der Waals surface area contributed by atoms with Crippen LogP contribution >= 0.6 is 0 Å². The summed E-state index contributed by atoms with van der Waals surface area (Å²) in [6, 6.07) is 0. The predicted octanol–water partition coefficient (Wildman–Crippen LogP) is 3.69. The van der Waals surface area contributed by atoms with Crippen molar-refractivity contribution >= 4 is 0 Å². The summed E-state index contributed by atoms with van der Waals surface area (Å²) in [5.74, 6) is 0. The van der Waals surface area contributed by atoms with Gasteiger partial charge in [0.05, 0.1) is 0 Å². The van der Waals surface area contributed by atoms with Gasteiger partial charge in [0.15, 0.2) is 0 Å². The van der Waals surface area contributed by atoms with Crippen LogP contribution in [0.15, 0.2) is 0 Å². The molecule has 0 radical (unpaired) electrons. The van der Waals surface area contributed by atoms with Gasteiger partial charge in [-0.05, 0) is 43.6 Å². The van der Waals surface area contributed by atoms with Crippen molar-refractivity contribution in [2.24, 2.45) is 10.8 Å². The van der Waals surface area contributed by atoms with Crippen molar-refractivity contribution in [3.05, 3.63) is 0 Å². The fraction of sp³-hybridized carbons (Fsp3) is 1.00. The van der Waals surface area contributed by atoms with Crippen molar-refractivity contribution < 1.29 is 0 Å². The standard InChI is InChI=1S/C14H27N/c1-4-8-14-10-7-6-9-13(14,5-2)11-15(3)12-14/h4-12H2,1-3H3. The molecule has 2 atom stereocenters. The minimum Gasteiger partial charge on any atom is -0.305 e. The van der Waals surface area contributed by atoms with Gasteiger partial charge in [0.1, 0.15) is 0 Å². The van der Waals surface area contributed by atoms with Gasteiger partial charge >= 0.3 is 0 Å². The number of likely N-dealkylation sites (tertiary alicyclic amines) is 1. The van der Waals surface area contributed by atoms with Gasteiger partial charge in [0.25, 0.3) is 0 Å². The first-order chi connectivity index (χ1) is 7.18. The summed E-state index contributed by atoms with van der Waals surface area (Å²) in [5.41, 5.74) is 1.36. The summed E-state index contributed by atoms with van der Waals surface area (Å²) >= 11 is 0. The normalized spacial score (nSPS) is 41.8. The second-order valence-electron chi connectivity index (χ2n) is 6.04. The second-order valence-corrected chi connectivity index (χ2v) is 6.04. The van der Waals surface area contributed by atoms with Crippen molar-refractivity contribution in [2.45, 2.75) is 58.8 Å². The van der Waals surface area contributed by atoms with Gasteiger partial charge in [0.2, 0.25) is 0 Å². The highest BCUT2D eigenvalue weighted by atomic mass is 15.2. The van der Waals surface area contributed by atoms with Crippen molar-refractivity contribution in [1.29, 1.82) is 0 Å². The fourth-order valence-corrected chi connectivity index (χ4v) is 4.65. The SMILES string of the molecule is CCCC12CCCCC1(CC)CN(C)C2. The van der Waals surface area contributed by atoms with Crippen molar-refractivity contribution in [3.8, 4) is 0 Å². The lowest BCUT2D eigenvalue weighted by molar-refractivity contribution is 0.0237. The zero-order chi connectivity index (χ0) is 10.9. The molecule has 15 heavy (non-hydrogen) atoms. The number of hydrogen-bond donors (Lipinski definition) is 0. The molecule has 0 spiro atoms. The van der Waals surface area contributed by atoms with Gasteiger partial charge in [-0.3, -0.25) is 0 Å². The van der Waals surface area contributed by atoms with Crippen molar-refractivity contribution in [2.75, 3.05) is 20.1 Å². The van der Waals surface area contributed by atoms with Crippen LogP contribution in [0.1, 0.15) is 58.8 Å². The Labute approximate surface area is 95.2 Å². The number of fused-ring (bicyclic) bond motifs is 1. The molecule has 0 aromatic rings. The molecular formula is C14H27N. The van der Waals surface area contributed by atoms with Crippen molar-refractivity contribution in [1.82, 2.24) is 4.90 Å². The average Bonchev–Trinajstić information content (AvgIpc) is 2.51. The van der Waals surface area contributed by atoms with E-state index in [1.165, 1.54) is 58.0 Å². The van der Waals surface area contributed by atoms with E-state index in [1.807, 2.05) is 0 Å². The lowest BCUT2D eigenvalue weighted by Gasteiger charge is -2.49. The monoisotopic (exact) mass is 209 g/mol. The molecule has 0 aromatic carbocycles. The van der Waals surface area contributed by atoms with E-state index in [9.17, 15) is 0 Å². The highest BCUT2D eigenvalue weighted by Gasteiger charge is 2.55. The van der Waals surface area contributed by atoms with Gasteiger partial charge in [-0.15, -0.1) is 0 Å². The maximum absolute atomic E-state index is 2.60. The highest BCUT2D eigenvalue weighted by Crippen LogP contribution is 2.59. The smallest absolute Gasteiger partial charge is 0.00410 e. The van der Waals surface area contributed by atoms with E-state index in [1.54, 1.807) is 0 Å². The quantitative estimate of drug-likeness (QED) is 0.685. The van der Waals surface area contributed by atoms with E-state index in [0.717, 1.165) is 0 Å². The van der Waals surface area contributed by atoms with Gasteiger partial charge < -0.3 is 4.90 Å². The van der Waals surface area contributed by atoms with Crippen LogP contribution in [0.5, 0.6) is 0 Å². The predicted molar refractivity (Wildman–Crippen MR) is 66.0 cm³/mol. The summed E-state index contributed by atoms with van der Waals surface area (Å²) in [5, 5.41) is 0. The lowest BCUT2D eigenvalue weighted by atomic mass is 9.55. The number of nitrogens with zero attached hydrogens (tertiary/aromatic N) is 1. The first-order valence-corrected chi connectivity index (χ1v) is 6.87. The first-order valence-electron chi connectivity index (χ1n) is 6.87. The molecular weight excluding hydrogens is 182 g/mol. The van der Waals surface area contributed by atoms with Gasteiger partial charge in [-0.1, -0.05) is 33.1 Å². The molecule has 1 aliphatic carbocycles. The Bertz CT molecular complexity index is 221. The molecule has 88 valence electrons. The lowest BCUT2D eigenvalue weighted by Crippen LogP contribution is -2.43.